The summed E-state index contributed by atoms with van der Waals surface area (Å²) in [6.45, 7) is 7.52. The quantitative estimate of drug-likeness (QED) is 0.694. The van der Waals surface area contributed by atoms with E-state index in [4.69, 9.17) is 4.74 Å². The van der Waals surface area contributed by atoms with Gasteiger partial charge in [0.1, 0.15) is 5.69 Å². The molecule has 0 saturated carbocycles. The lowest BCUT2D eigenvalue weighted by molar-refractivity contribution is 0.0512. The molecule has 0 N–H and O–H groups in total. The van der Waals surface area contributed by atoms with Gasteiger partial charge in [-0.25, -0.2) is 4.79 Å². The lowest BCUT2D eigenvalue weighted by Crippen LogP contribution is -2.15. The summed E-state index contributed by atoms with van der Waals surface area (Å²) < 4.78 is 6.99. The van der Waals surface area contributed by atoms with Crippen molar-refractivity contribution in [2.75, 3.05) is 6.61 Å². The van der Waals surface area contributed by atoms with Crippen LogP contribution >= 0.6 is 0 Å². The van der Waals surface area contributed by atoms with Crippen LogP contribution in [0.1, 0.15) is 44.1 Å². The summed E-state index contributed by atoms with van der Waals surface area (Å²) in [7, 11) is 0. The molecular formula is C13H21NO2. The van der Waals surface area contributed by atoms with Crippen molar-refractivity contribution < 1.29 is 9.53 Å². The molecule has 0 spiro atoms. The van der Waals surface area contributed by atoms with Crippen LogP contribution in [-0.2, 0) is 11.3 Å². The van der Waals surface area contributed by atoms with Crippen LogP contribution in [0, 0.1) is 5.92 Å². The van der Waals surface area contributed by atoms with Crippen molar-refractivity contribution in [3.05, 3.63) is 24.0 Å². The van der Waals surface area contributed by atoms with E-state index in [2.05, 4.69) is 13.8 Å². The second-order valence-corrected chi connectivity index (χ2v) is 4.16. The molecule has 1 aromatic heterocycles. The average molecular weight is 223 g/mol. The van der Waals surface area contributed by atoms with Gasteiger partial charge in [0.05, 0.1) is 6.61 Å². The Labute approximate surface area is 97.4 Å². The van der Waals surface area contributed by atoms with Gasteiger partial charge in [0.25, 0.3) is 0 Å². The molecule has 3 nitrogen and oxygen atoms in total. The number of hydrogen-bond donors (Lipinski definition) is 0. The molecule has 0 aliphatic heterocycles. The zero-order valence-electron chi connectivity index (χ0n) is 10.4. The van der Waals surface area contributed by atoms with E-state index < -0.39 is 0 Å². The van der Waals surface area contributed by atoms with Crippen LogP contribution in [0.15, 0.2) is 18.3 Å². The summed E-state index contributed by atoms with van der Waals surface area (Å²) in [5.74, 6) is 0.363. The minimum Gasteiger partial charge on any atom is -0.461 e. The second kappa shape index (κ2) is 6.36. The van der Waals surface area contributed by atoms with E-state index >= 15 is 0 Å². The lowest BCUT2D eigenvalue weighted by Gasteiger charge is -2.13. The first-order valence-electron chi connectivity index (χ1n) is 6.01. The van der Waals surface area contributed by atoms with E-state index in [0.717, 1.165) is 6.54 Å². The Balaban J connectivity index is 2.66. The Morgan fingerprint density at radius 1 is 1.50 bits per heavy atom. The standard InChI is InChI=1S/C13H21NO2/c1-4-7-11(3)10-14-9-6-8-12(14)13(15)16-5-2/h6,8-9,11H,4-5,7,10H2,1-3H3. The average Bonchev–Trinajstić information content (AvgIpc) is 2.66. The van der Waals surface area contributed by atoms with Crippen molar-refractivity contribution in [3.8, 4) is 0 Å². The molecule has 1 unspecified atom stereocenters. The summed E-state index contributed by atoms with van der Waals surface area (Å²) in [5.41, 5.74) is 0.657. The van der Waals surface area contributed by atoms with Gasteiger partial charge in [-0.1, -0.05) is 20.3 Å². The Morgan fingerprint density at radius 3 is 2.88 bits per heavy atom. The fourth-order valence-electron chi connectivity index (χ4n) is 1.88. The molecule has 0 radical (unpaired) electrons. The summed E-state index contributed by atoms with van der Waals surface area (Å²) in [6.07, 6.45) is 4.30. The smallest absolute Gasteiger partial charge is 0.354 e. The van der Waals surface area contributed by atoms with Crippen LogP contribution in [0.25, 0.3) is 0 Å². The molecule has 0 amide bonds. The molecule has 1 aromatic rings. The number of aromatic nitrogens is 1. The summed E-state index contributed by atoms with van der Waals surface area (Å²) in [4.78, 5) is 11.6. The van der Waals surface area contributed by atoms with E-state index in [0.29, 0.717) is 18.2 Å². The fraction of sp³-hybridized carbons (Fsp3) is 0.615. The van der Waals surface area contributed by atoms with Crippen LogP contribution in [0.2, 0.25) is 0 Å². The van der Waals surface area contributed by atoms with Gasteiger partial charge in [0, 0.05) is 12.7 Å². The molecule has 1 rings (SSSR count). The zero-order valence-corrected chi connectivity index (χ0v) is 10.4. The number of hydrogen-bond acceptors (Lipinski definition) is 2. The molecular weight excluding hydrogens is 202 g/mol. The van der Waals surface area contributed by atoms with Crippen molar-refractivity contribution in [1.29, 1.82) is 0 Å². The highest BCUT2D eigenvalue weighted by Gasteiger charge is 2.12. The Hall–Kier alpha value is -1.25. The van der Waals surface area contributed by atoms with Crippen molar-refractivity contribution in [3.63, 3.8) is 0 Å². The molecule has 0 aliphatic carbocycles. The van der Waals surface area contributed by atoms with Gasteiger partial charge >= 0.3 is 5.97 Å². The molecule has 3 heteroatoms. The number of carbonyl (C=O) groups is 1. The second-order valence-electron chi connectivity index (χ2n) is 4.16. The summed E-state index contributed by atoms with van der Waals surface area (Å²) in [6, 6.07) is 3.71. The predicted octanol–water partition coefficient (Wildman–Crippen LogP) is 3.10. The maximum absolute atomic E-state index is 11.6. The monoisotopic (exact) mass is 223 g/mol. The van der Waals surface area contributed by atoms with Gasteiger partial charge in [0.2, 0.25) is 0 Å². The van der Waals surface area contributed by atoms with Crippen LogP contribution in [0.4, 0.5) is 0 Å². The van der Waals surface area contributed by atoms with Gasteiger partial charge in [-0.05, 0) is 31.4 Å². The number of carbonyl (C=O) groups excluding carboxylic acids is 1. The largest absolute Gasteiger partial charge is 0.461 e. The highest BCUT2D eigenvalue weighted by atomic mass is 16.5. The van der Waals surface area contributed by atoms with Gasteiger partial charge in [-0.15, -0.1) is 0 Å². The third-order valence-electron chi connectivity index (χ3n) is 2.60. The predicted molar refractivity (Wildman–Crippen MR) is 64.5 cm³/mol. The van der Waals surface area contributed by atoms with E-state index in [-0.39, 0.29) is 5.97 Å². The molecule has 1 atom stereocenters. The molecule has 0 fully saturated rings. The molecule has 0 aliphatic rings. The number of ether oxygens (including phenoxy) is 1. The van der Waals surface area contributed by atoms with Crippen LogP contribution in [0.3, 0.4) is 0 Å². The molecule has 1 heterocycles. The molecule has 90 valence electrons. The van der Waals surface area contributed by atoms with Gasteiger partial charge < -0.3 is 9.30 Å². The van der Waals surface area contributed by atoms with Crippen molar-refractivity contribution in [2.45, 2.75) is 40.2 Å². The van der Waals surface area contributed by atoms with Crippen LogP contribution in [-0.4, -0.2) is 17.1 Å². The normalized spacial score (nSPS) is 12.4. The number of esters is 1. The third-order valence-corrected chi connectivity index (χ3v) is 2.60. The first-order valence-corrected chi connectivity index (χ1v) is 6.01. The Kier molecular flexibility index (Phi) is 5.09. The first kappa shape index (κ1) is 12.8. The van der Waals surface area contributed by atoms with Crippen LogP contribution < -0.4 is 0 Å². The van der Waals surface area contributed by atoms with Crippen LogP contribution in [0.5, 0.6) is 0 Å². The topological polar surface area (TPSA) is 31.2 Å². The zero-order chi connectivity index (χ0) is 12.0. The van der Waals surface area contributed by atoms with Crippen molar-refractivity contribution in [1.82, 2.24) is 4.57 Å². The minimum absolute atomic E-state index is 0.226. The fourth-order valence-corrected chi connectivity index (χ4v) is 1.88. The summed E-state index contributed by atoms with van der Waals surface area (Å²) >= 11 is 0. The first-order chi connectivity index (χ1) is 7.69. The van der Waals surface area contributed by atoms with E-state index in [9.17, 15) is 4.79 Å². The SMILES string of the molecule is CCCC(C)Cn1cccc1C(=O)OCC. The minimum atomic E-state index is -0.226. The van der Waals surface area contributed by atoms with Gasteiger partial charge in [0.15, 0.2) is 0 Å². The van der Waals surface area contributed by atoms with E-state index in [1.807, 2.05) is 29.8 Å². The highest BCUT2D eigenvalue weighted by Crippen LogP contribution is 2.12. The van der Waals surface area contributed by atoms with Crippen molar-refractivity contribution in [2.24, 2.45) is 5.92 Å². The molecule has 0 aromatic carbocycles. The number of nitrogens with zero attached hydrogens (tertiary/aromatic N) is 1. The summed E-state index contributed by atoms with van der Waals surface area (Å²) in [5, 5.41) is 0. The molecule has 0 bridgehead atoms. The van der Waals surface area contributed by atoms with E-state index in [1.54, 1.807) is 0 Å². The maximum atomic E-state index is 11.6. The Morgan fingerprint density at radius 2 is 2.25 bits per heavy atom. The van der Waals surface area contributed by atoms with Gasteiger partial charge in [-0.2, -0.15) is 0 Å². The van der Waals surface area contributed by atoms with Gasteiger partial charge in [-0.3, -0.25) is 0 Å². The van der Waals surface area contributed by atoms with Crippen molar-refractivity contribution >= 4 is 5.97 Å². The highest BCUT2D eigenvalue weighted by molar-refractivity contribution is 5.87. The Bertz CT molecular complexity index is 330. The lowest BCUT2D eigenvalue weighted by atomic mass is 10.1. The maximum Gasteiger partial charge on any atom is 0.354 e. The molecule has 0 saturated heterocycles. The van der Waals surface area contributed by atoms with E-state index in [1.165, 1.54) is 12.8 Å². The third kappa shape index (κ3) is 3.40. The number of rotatable bonds is 6. The molecule has 16 heavy (non-hydrogen) atoms.